The van der Waals surface area contributed by atoms with Crippen molar-refractivity contribution in [3.8, 4) is 0 Å². The molecule has 0 spiro atoms. The molecule has 1 aromatic carbocycles. The average molecular weight is 246 g/mol. The zero-order chi connectivity index (χ0) is 13.0. The molecule has 0 saturated carbocycles. The van der Waals surface area contributed by atoms with Gasteiger partial charge in [-0.1, -0.05) is 0 Å². The van der Waals surface area contributed by atoms with Gasteiger partial charge in [-0.05, 0) is 50.2 Å². The van der Waals surface area contributed by atoms with Crippen LogP contribution < -0.4 is 10.6 Å². The summed E-state index contributed by atoms with van der Waals surface area (Å²) in [6.45, 7) is 4.67. The summed E-state index contributed by atoms with van der Waals surface area (Å²) in [5, 5.41) is 7.36. The van der Waals surface area contributed by atoms with E-state index in [1.807, 2.05) is 24.3 Å². The molecule has 1 aliphatic heterocycles. The van der Waals surface area contributed by atoms with Crippen molar-refractivity contribution in [2.45, 2.75) is 12.8 Å². The van der Waals surface area contributed by atoms with E-state index in [2.05, 4.69) is 16.8 Å². The third-order valence-electron chi connectivity index (χ3n) is 3.57. The van der Waals surface area contributed by atoms with E-state index in [9.17, 15) is 0 Å². The number of likely N-dealkylation sites (tertiary alicyclic amines) is 1. The maximum atomic E-state index is 7.36. The first-order valence-corrected chi connectivity index (χ1v) is 6.55. The SMILES string of the molecule is CN(CCN1CCCC1)c1ccc(C(=N)N)cc1. The second kappa shape index (κ2) is 5.87. The number of nitrogens with one attached hydrogen (secondary N) is 1. The van der Waals surface area contributed by atoms with Gasteiger partial charge in [-0.15, -0.1) is 0 Å². The number of nitrogen functional groups attached to an aromatic ring is 1. The number of anilines is 1. The van der Waals surface area contributed by atoms with Crippen molar-refractivity contribution in [3.63, 3.8) is 0 Å². The fraction of sp³-hybridized carbons (Fsp3) is 0.500. The van der Waals surface area contributed by atoms with Crippen molar-refractivity contribution >= 4 is 11.5 Å². The normalized spacial score (nSPS) is 15.8. The number of amidine groups is 1. The molecule has 1 saturated heterocycles. The summed E-state index contributed by atoms with van der Waals surface area (Å²) in [5.41, 5.74) is 7.41. The number of hydrogen-bond donors (Lipinski definition) is 2. The Balaban J connectivity index is 1.87. The van der Waals surface area contributed by atoms with E-state index < -0.39 is 0 Å². The molecule has 2 rings (SSSR count). The van der Waals surface area contributed by atoms with Crippen LogP contribution in [0.15, 0.2) is 24.3 Å². The maximum Gasteiger partial charge on any atom is 0.122 e. The van der Waals surface area contributed by atoms with E-state index in [4.69, 9.17) is 11.1 Å². The van der Waals surface area contributed by atoms with Gasteiger partial charge in [-0.25, -0.2) is 0 Å². The quantitative estimate of drug-likeness (QED) is 0.611. The minimum absolute atomic E-state index is 0.126. The van der Waals surface area contributed by atoms with Crippen LogP contribution in [0.3, 0.4) is 0 Å². The van der Waals surface area contributed by atoms with Gasteiger partial charge in [0.25, 0.3) is 0 Å². The second-order valence-electron chi connectivity index (χ2n) is 4.93. The van der Waals surface area contributed by atoms with E-state index in [-0.39, 0.29) is 5.84 Å². The molecule has 3 N–H and O–H groups in total. The predicted octanol–water partition coefficient (Wildman–Crippen LogP) is 1.50. The van der Waals surface area contributed by atoms with Gasteiger partial charge >= 0.3 is 0 Å². The van der Waals surface area contributed by atoms with E-state index in [1.165, 1.54) is 31.6 Å². The van der Waals surface area contributed by atoms with Crippen molar-refractivity contribution in [3.05, 3.63) is 29.8 Å². The summed E-state index contributed by atoms with van der Waals surface area (Å²) in [7, 11) is 2.11. The lowest BCUT2D eigenvalue weighted by molar-refractivity contribution is 0.346. The topological polar surface area (TPSA) is 56.4 Å². The minimum atomic E-state index is 0.126. The lowest BCUT2D eigenvalue weighted by Crippen LogP contribution is -2.31. The fourth-order valence-electron chi connectivity index (χ4n) is 2.32. The van der Waals surface area contributed by atoms with E-state index in [0.717, 1.165) is 18.7 Å². The van der Waals surface area contributed by atoms with Crippen molar-refractivity contribution < 1.29 is 0 Å². The minimum Gasteiger partial charge on any atom is -0.384 e. The van der Waals surface area contributed by atoms with Gasteiger partial charge < -0.3 is 15.5 Å². The van der Waals surface area contributed by atoms with Gasteiger partial charge in [0.1, 0.15) is 5.84 Å². The Hall–Kier alpha value is -1.55. The molecule has 1 heterocycles. The largest absolute Gasteiger partial charge is 0.384 e. The number of rotatable bonds is 5. The van der Waals surface area contributed by atoms with Gasteiger partial charge in [0.15, 0.2) is 0 Å². The van der Waals surface area contributed by atoms with Crippen molar-refractivity contribution in [2.75, 3.05) is 38.1 Å². The molecule has 1 aliphatic rings. The van der Waals surface area contributed by atoms with Gasteiger partial charge in [-0.2, -0.15) is 0 Å². The van der Waals surface area contributed by atoms with Crippen LogP contribution in [0.25, 0.3) is 0 Å². The zero-order valence-electron chi connectivity index (χ0n) is 11.0. The van der Waals surface area contributed by atoms with E-state index in [0.29, 0.717) is 0 Å². The Morgan fingerprint density at radius 3 is 2.44 bits per heavy atom. The third kappa shape index (κ3) is 3.23. The molecule has 18 heavy (non-hydrogen) atoms. The average Bonchev–Trinajstić information content (AvgIpc) is 2.89. The molecular formula is C14H22N4. The lowest BCUT2D eigenvalue weighted by atomic mass is 10.2. The van der Waals surface area contributed by atoms with Crippen LogP contribution in [0.1, 0.15) is 18.4 Å². The van der Waals surface area contributed by atoms with Crippen LogP contribution in [0.2, 0.25) is 0 Å². The zero-order valence-corrected chi connectivity index (χ0v) is 11.0. The molecule has 0 amide bonds. The molecular weight excluding hydrogens is 224 g/mol. The predicted molar refractivity (Wildman–Crippen MR) is 76.4 cm³/mol. The number of benzene rings is 1. The van der Waals surface area contributed by atoms with Gasteiger partial charge in [0, 0.05) is 31.4 Å². The smallest absolute Gasteiger partial charge is 0.122 e. The molecule has 98 valence electrons. The summed E-state index contributed by atoms with van der Waals surface area (Å²) < 4.78 is 0. The van der Waals surface area contributed by atoms with Crippen LogP contribution in [-0.4, -0.2) is 44.0 Å². The molecule has 0 radical (unpaired) electrons. The number of hydrogen-bond acceptors (Lipinski definition) is 3. The molecule has 0 bridgehead atoms. The first-order valence-electron chi connectivity index (χ1n) is 6.55. The fourth-order valence-corrected chi connectivity index (χ4v) is 2.32. The highest BCUT2D eigenvalue weighted by atomic mass is 15.2. The number of nitrogens with two attached hydrogens (primary N) is 1. The number of nitrogens with zero attached hydrogens (tertiary/aromatic N) is 2. The summed E-state index contributed by atoms with van der Waals surface area (Å²) in [5.74, 6) is 0.126. The van der Waals surface area contributed by atoms with Crippen LogP contribution >= 0.6 is 0 Å². The second-order valence-corrected chi connectivity index (χ2v) is 4.93. The van der Waals surface area contributed by atoms with Crippen LogP contribution in [-0.2, 0) is 0 Å². The Morgan fingerprint density at radius 1 is 1.28 bits per heavy atom. The van der Waals surface area contributed by atoms with Crippen LogP contribution in [0, 0.1) is 5.41 Å². The number of likely N-dealkylation sites (N-methyl/N-ethyl adjacent to an activating group) is 1. The van der Waals surface area contributed by atoms with Crippen LogP contribution in [0.5, 0.6) is 0 Å². The van der Waals surface area contributed by atoms with E-state index >= 15 is 0 Å². The molecule has 0 aliphatic carbocycles. The molecule has 1 aromatic rings. The van der Waals surface area contributed by atoms with Crippen molar-refractivity contribution in [1.82, 2.24) is 4.90 Å². The van der Waals surface area contributed by atoms with Crippen LogP contribution in [0.4, 0.5) is 5.69 Å². The molecule has 1 fully saturated rings. The first-order chi connectivity index (χ1) is 8.66. The third-order valence-corrected chi connectivity index (χ3v) is 3.57. The van der Waals surface area contributed by atoms with Gasteiger partial charge in [-0.3, -0.25) is 5.41 Å². The highest BCUT2D eigenvalue weighted by molar-refractivity contribution is 5.95. The Morgan fingerprint density at radius 2 is 1.89 bits per heavy atom. The Bertz CT molecular complexity index is 393. The standard InChI is InChI=1S/C14H22N4/c1-17(10-11-18-8-2-3-9-18)13-6-4-12(5-7-13)14(15)16/h4-7H,2-3,8-11H2,1H3,(H3,15,16). The molecule has 4 heteroatoms. The first kappa shape index (κ1) is 12.9. The Kier molecular flexibility index (Phi) is 4.20. The molecule has 4 nitrogen and oxygen atoms in total. The Labute approximate surface area is 109 Å². The summed E-state index contributed by atoms with van der Waals surface area (Å²) in [6.07, 6.45) is 2.69. The highest BCUT2D eigenvalue weighted by Gasteiger charge is 2.11. The van der Waals surface area contributed by atoms with Crippen molar-refractivity contribution in [2.24, 2.45) is 5.73 Å². The summed E-state index contributed by atoms with van der Waals surface area (Å²) in [6, 6.07) is 7.87. The molecule has 0 aromatic heterocycles. The van der Waals surface area contributed by atoms with Crippen molar-refractivity contribution in [1.29, 1.82) is 5.41 Å². The lowest BCUT2D eigenvalue weighted by Gasteiger charge is -2.23. The summed E-state index contributed by atoms with van der Waals surface area (Å²) >= 11 is 0. The molecule has 0 atom stereocenters. The highest BCUT2D eigenvalue weighted by Crippen LogP contribution is 2.14. The molecule has 0 unspecified atom stereocenters. The van der Waals surface area contributed by atoms with Gasteiger partial charge in [0.2, 0.25) is 0 Å². The van der Waals surface area contributed by atoms with E-state index in [1.54, 1.807) is 0 Å². The summed E-state index contributed by atoms with van der Waals surface area (Å²) in [4.78, 5) is 4.77. The van der Waals surface area contributed by atoms with Gasteiger partial charge in [0.05, 0.1) is 0 Å². The monoisotopic (exact) mass is 246 g/mol. The maximum absolute atomic E-state index is 7.36.